The van der Waals surface area contributed by atoms with Crippen LogP contribution < -0.4 is 4.90 Å². The maximum Gasteiger partial charge on any atom is 0.299 e. The van der Waals surface area contributed by atoms with Gasteiger partial charge in [0.25, 0.3) is 6.01 Å². The summed E-state index contributed by atoms with van der Waals surface area (Å²) < 4.78 is 8.12. The number of anilines is 1. The first-order valence-electron chi connectivity index (χ1n) is 8.22. The molecule has 0 spiro atoms. The monoisotopic (exact) mass is 311 g/mol. The van der Waals surface area contributed by atoms with E-state index in [1.54, 1.807) is 0 Å². The second-order valence-corrected chi connectivity index (χ2v) is 6.55. The standard InChI is InChI=1S/C17H21N5O/c1-12(2)10-21-11-18-20-16(21)14-7-5-9-22(14)17-19-13-6-3-4-8-15(13)23-17/h3-4,6,8,11-12,14H,5,7,9-10H2,1-2H3. The third kappa shape index (κ3) is 2.58. The van der Waals surface area contributed by atoms with Crippen molar-refractivity contribution >= 4 is 17.1 Å². The fourth-order valence-corrected chi connectivity index (χ4v) is 3.30. The Morgan fingerprint density at radius 1 is 1.30 bits per heavy atom. The van der Waals surface area contributed by atoms with E-state index in [1.165, 1.54) is 0 Å². The number of nitrogens with zero attached hydrogens (tertiary/aromatic N) is 5. The Bertz CT molecular complexity index is 773. The Balaban J connectivity index is 1.68. The van der Waals surface area contributed by atoms with Crippen LogP contribution >= 0.6 is 0 Å². The van der Waals surface area contributed by atoms with E-state index in [0.717, 1.165) is 42.9 Å². The molecule has 3 aromatic rings. The van der Waals surface area contributed by atoms with Crippen LogP contribution in [0.2, 0.25) is 0 Å². The first kappa shape index (κ1) is 14.2. The molecular weight excluding hydrogens is 290 g/mol. The quantitative estimate of drug-likeness (QED) is 0.739. The summed E-state index contributed by atoms with van der Waals surface area (Å²) in [7, 11) is 0. The summed E-state index contributed by atoms with van der Waals surface area (Å²) in [6.07, 6.45) is 3.99. The lowest BCUT2D eigenvalue weighted by Gasteiger charge is -2.23. The van der Waals surface area contributed by atoms with Crippen LogP contribution in [0.3, 0.4) is 0 Å². The van der Waals surface area contributed by atoms with Crippen molar-refractivity contribution in [2.75, 3.05) is 11.4 Å². The lowest BCUT2D eigenvalue weighted by Crippen LogP contribution is -2.26. The minimum atomic E-state index is 0.185. The van der Waals surface area contributed by atoms with Gasteiger partial charge in [0, 0.05) is 13.1 Å². The van der Waals surface area contributed by atoms with Crippen molar-refractivity contribution in [3.8, 4) is 0 Å². The van der Waals surface area contributed by atoms with Crippen LogP contribution in [0.4, 0.5) is 6.01 Å². The molecule has 1 aromatic carbocycles. The molecular formula is C17H21N5O. The second kappa shape index (κ2) is 5.68. The van der Waals surface area contributed by atoms with Gasteiger partial charge in [-0.25, -0.2) is 0 Å². The Morgan fingerprint density at radius 3 is 3.00 bits per heavy atom. The summed E-state index contributed by atoms with van der Waals surface area (Å²) in [5.74, 6) is 1.57. The maximum atomic E-state index is 5.96. The van der Waals surface area contributed by atoms with E-state index in [1.807, 2.05) is 30.6 Å². The van der Waals surface area contributed by atoms with Crippen molar-refractivity contribution in [3.63, 3.8) is 0 Å². The second-order valence-electron chi connectivity index (χ2n) is 6.55. The minimum absolute atomic E-state index is 0.185. The van der Waals surface area contributed by atoms with Crippen molar-refractivity contribution in [2.45, 2.75) is 39.3 Å². The highest BCUT2D eigenvalue weighted by Gasteiger charge is 2.33. The van der Waals surface area contributed by atoms with Crippen molar-refractivity contribution in [1.82, 2.24) is 19.7 Å². The normalized spacial score (nSPS) is 18.4. The lowest BCUT2D eigenvalue weighted by atomic mass is 10.2. The number of benzene rings is 1. The van der Waals surface area contributed by atoms with Crippen LogP contribution in [0, 0.1) is 5.92 Å². The largest absolute Gasteiger partial charge is 0.423 e. The minimum Gasteiger partial charge on any atom is -0.423 e. The molecule has 4 rings (SSSR count). The molecule has 0 bridgehead atoms. The molecule has 0 N–H and O–H groups in total. The fraction of sp³-hybridized carbons (Fsp3) is 0.471. The SMILES string of the molecule is CC(C)Cn1cnnc1C1CCCN1c1nc2ccccc2o1. The van der Waals surface area contributed by atoms with Gasteiger partial charge in [-0.15, -0.1) is 10.2 Å². The van der Waals surface area contributed by atoms with Gasteiger partial charge >= 0.3 is 0 Å². The van der Waals surface area contributed by atoms with E-state index < -0.39 is 0 Å². The summed E-state index contributed by atoms with van der Waals surface area (Å²) in [5.41, 5.74) is 1.73. The van der Waals surface area contributed by atoms with Crippen molar-refractivity contribution in [3.05, 3.63) is 36.4 Å². The average molecular weight is 311 g/mol. The summed E-state index contributed by atoms with van der Waals surface area (Å²) in [4.78, 5) is 6.87. The smallest absolute Gasteiger partial charge is 0.299 e. The molecule has 1 aliphatic rings. The zero-order chi connectivity index (χ0) is 15.8. The molecule has 6 nitrogen and oxygen atoms in total. The Morgan fingerprint density at radius 2 is 2.17 bits per heavy atom. The van der Waals surface area contributed by atoms with Crippen molar-refractivity contribution in [1.29, 1.82) is 0 Å². The third-order valence-corrected chi connectivity index (χ3v) is 4.29. The number of para-hydroxylation sites is 2. The molecule has 120 valence electrons. The lowest BCUT2D eigenvalue weighted by molar-refractivity contribution is 0.478. The van der Waals surface area contributed by atoms with Crippen molar-refractivity contribution in [2.24, 2.45) is 5.92 Å². The number of aromatic nitrogens is 4. The van der Waals surface area contributed by atoms with Crippen LogP contribution in [0.1, 0.15) is 38.6 Å². The van der Waals surface area contributed by atoms with Crippen LogP contribution in [-0.2, 0) is 6.54 Å². The van der Waals surface area contributed by atoms with Gasteiger partial charge in [0.2, 0.25) is 0 Å². The fourth-order valence-electron chi connectivity index (χ4n) is 3.30. The molecule has 1 atom stereocenters. The van der Waals surface area contributed by atoms with Gasteiger partial charge in [-0.05, 0) is 30.9 Å². The third-order valence-electron chi connectivity index (χ3n) is 4.29. The molecule has 0 aliphatic carbocycles. The molecule has 1 fully saturated rings. The number of oxazole rings is 1. The first-order chi connectivity index (χ1) is 11.2. The van der Waals surface area contributed by atoms with Crippen molar-refractivity contribution < 1.29 is 4.42 Å². The summed E-state index contributed by atoms with van der Waals surface area (Å²) in [6, 6.07) is 8.76. The van der Waals surface area contributed by atoms with Gasteiger partial charge in [0.05, 0.1) is 6.04 Å². The van der Waals surface area contributed by atoms with Crippen LogP contribution in [0.25, 0.3) is 11.1 Å². The molecule has 2 aromatic heterocycles. The summed E-state index contributed by atoms with van der Waals surface area (Å²) >= 11 is 0. The molecule has 0 radical (unpaired) electrons. The van der Waals surface area contributed by atoms with E-state index in [9.17, 15) is 0 Å². The van der Waals surface area contributed by atoms with Gasteiger partial charge in [-0.2, -0.15) is 4.98 Å². The van der Waals surface area contributed by atoms with E-state index in [2.05, 4.69) is 38.5 Å². The number of hydrogen-bond acceptors (Lipinski definition) is 5. The molecule has 6 heteroatoms. The van der Waals surface area contributed by atoms with Gasteiger partial charge in [-0.3, -0.25) is 0 Å². The Hall–Kier alpha value is -2.37. The topological polar surface area (TPSA) is 60.0 Å². The Kier molecular flexibility index (Phi) is 3.52. The molecule has 23 heavy (non-hydrogen) atoms. The Labute approximate surface area is 135 Å². The highest BCUT2D eigenvalue weighted by molar-refractivity contribution is 5.74. The molecule has 0 amide bonds. The molecule has 0 saturated carbocycles. The van der Waals surface area contributed by atoms with E-state index in [-0.39, 0.29) is 6.04 Å². The van der Waals surface area contributed by atoms with E-state index >= 15 is 0 Å². The van der Waals surface area contributed by atoms with Gasteiger partial charge < -0.3 is 13.9 Å². The summed E-state index contributed by atoms with van der Waals surface area (Å²) in [6.45, 7) is 6.28. The molecule has 3 heterocycles. The number of fused-ring (bicyclic) bond motifs is 1. The van der Waals surface area contributed by atoms with Gasteiger partial charge in [0.15, 0.2) is 11.4 Å². The molecule has 1 aliphatic heterocycles. The maximum absolute atomic E-state index is 5.96. The zero-order valence-electron chi connectivity index (χ0n) is 13.5. The van der Waals surface area contributed by atoms with Crippen LogP contribution in [0.5, 0.6) is 0 Å². The average Bonchev–Trinajstić information content (AvgIpc) is 3.24. The predicted octanol–water partition coefficient (Wildman–Crippen LogP) is 3.42. The van der Waals surface area contributed by atoms with Gasteiger partial charge in [0.1, 0.15) is 11.8 Å². The van der Waals surface area contributed by atoms with E-state index in [0.29, 0.717) is 11.9 Å². The van der Waals surface area contributed by atoms with E-state index in [4.69, 9.17) is 4.42 Å². The molecule has 1 unspecified atom stereocenters. The highest BCUT2D eigenvalue weighted by Crippen LogP contribution is 2.36. The zero-order valence-corrected chi connectivity index (χ0v) is 13.5. The van der Waals surface area contributed by atoms with Crippen LogP contribution in [0.15, 0.2) is 35.0 Å². The number of hydrogen-bond donors (Lipinski definition) is 0. The highest BCUT2D eigenvalue weighted by atomic mass is 16.4. The molecule has 1 saturated heterocycles. The number of rotatable bonds is 4. The van der Waals surface area contributed by atoms with Gasteiger partial charge in [-0.1, -0.05) is 26.0 Å². The first-order valence-corrected chi connectivity index (χ1v) is 8.22. The predicted molar refractivity (Wildman–Crippen MR) is 88.2 cm³/mol. The summed E-state index contributed by atoms with van der Waals surface area (Å²) in [5, 5.41) is 8.51. The van der Waals surface area contributed by atoms with Crippen LogP contribution in [-0.4, -0.2) is 26.3 Å².